The molecule has 0 radical (unpaired) electrons. The van der Waals surface area contributed by atoms with Crippen molar-refractivity contribution in [1.82, 2.24) is 9.80 Å². The van der Waals surface area contributed by atoms with Crippen LogP contribution in [-0.2, 0) is 4.79 Å². The largest absolute Gasteiger partial charge is 0.490 e. The number of carbonyl (C=O) groups excluding carboxylic acids is 2. The van der Waals surface area contributed by atoms with E-state index < -0.39 is 4.92 Å². The number of ether oxygens (including phenoxy) is 1. The van der Waals surface area contributed by atoms with Gasteiger partial charge in [0.1, 0.15) is 0 Å². The molecule has 2 aliphatic rings. The zero-order valence-electron chi connectivity index (χ0n) is 16.4. The molecule has 0 aliphatic carbocycles. The molecule has 2 fully saturated rings. The molecule has 152 valence electrons. The summed E-state index contributed by atoms with van der Waals surface area (Å²) in [6.45, 7) is 4.84. The first-order chi connectivity index (χ1) is 13.4. The number of hydrogen-bond acceptors (Lipinski definition) is 5. The molecule has 0 bridgehead atoms. The van der Waals surface area contributed by atoms with Gasteiger partial charge in [-0.15, -0.1) is 0 Å². The molecule has 28 heavy (non-hydrogen) atoms. The van der Waals surface area contributed by atoms with Crippen LogP contribution in [0.25, 0.3) is 0 Å². The topological polar surface area (TPSA) is 93.0 Å². The lowest BCUT2D eigenvalue weighted by atomic mass is 9.92. The van der Waals surface area contributed by atoms with Gasteiger partial charge in [-0.1, -0.05) is 6.92 Å². The number of amides is 2. The highest BCUT2D eigenvalue weighted by Crippen LogP contribution is 2.29. The minimum absolute atomic E-state index is 0.0392. The molecule has 3 rings (SSSR count). The molecule has 2 amide bonds. The fraction of sp³-hybridized carbons (Fsp3) is 0.600. The van der Waals surface area contributed by atoms with Crippen molar-refractivity contribution < 1.29 is 19.2 Å². The average Bonchev–Trinajstić information content (AvgIpc) is 2.73. The van der Waals surface area contributed by atoms with Crippen LogP contribution in [0.1, 0.15) is 43.0 Å². The van der Waals surface area contributed by atoms with Crippen molar-refractivity contribution in [3.05, 3.63) is 33.9 Å². The van der Waals surface area contributed by atoms with Gasteiger partial charge >= 0.3 is 5.69 Å². The van der Waals surface area contributed by atoms with Crippen LogP contribution in [0.4, 0.5) is 5.69 Å². The summed E-state index contributed by atoms with van der Waals surface area (Å²) >= 11 is 0. The Morgan fingerprint density at radius 1 is 1.07 bits per heavy atom. The third-order valence-electron chi connectivity index (χ3n) is 5.85. The summed E-state index contributed by atoms with van der Waals surface area (Å²) in [5.41, 5.74) is 0.0417. The Balaban J connectivity index is 1.60. The van der Waals surface area contributed by atoms with Crippen molar-refractivity contribution in [2.24, 2.45) is 11.8 Å². The molecule has 0 atom stereocenters. The van der Waals surface area contributed by atoms with E-state index in [9.17, 15) is 19.7 Å². The van der Waals surface area contributed by atoms with Gasteiger partial charge in [-0.2, -0.15) is 0 Å². The molecular formula is C20H27N3O5. The van der Waals surface area contributed by atoms with Gasteiger partial charge in [-0.05, 0) is 43.7 Å². The van der Waals surface area contributed by atoms with Crippen molar-refractivity contribution in [3.8, 4) is 5.75 Å². The Bertz CT molecular complexity index is 750. The van der Waals surface area contributed by atoms with E-state index in [0.717, 1.165) is 25.9 Å². The Kier molecular flexibility index (Phi) is 6.16. The minimum atomic E-state index is -0.556. The maximum absolute atomic E-state index is 12.8. The summed E-state index contributed by atoms with van der Waals surface area (Å²) in [4.78, 5) is 39.8. The lowest BCUT2D eigenvalue weighted by Crippen LogP contribution is -2.46. The van der Waals surface area contributed by atoms with Crippen LogP contribution in [0.2, 0.25) is 0 Å². The number of nitro benzene ring substituents is 1. The van der Waals surface area contributed by atoms with Gasteiger partial charge in [0.15, 0.2) is 5.75 Å². The summed E-state index contributed by atoms with van der Waals surface area (Å²) < 4.78 is 4.98. The summed E-state index contributed by atoms with van der Waals surface area (Å²) in [6.07, 6.45) is 3.38. The van der Waals surface area contributed by atoms with E-state index in [1.54, 1.807) is 11.0 Å². The normalized spacial score (nSPS) is 18.8. The van der Waals surface area contributed by atoms with E-state index in [0.29, 0.717) is 31.8 Å². The van der Waals surface area contributed by atoms with Crippen LogP contribution in [-0.4, -0.2) is 59.8 Å². The van der Waals surface area contributed by atoms with E-state index in [1.807, 2.05) is 4.90 Å². The third kappa shape index (κ3) is 4.26. The number of methoxy groups -OCH3 is 1. The monoisotopic (exact) mass is 389 g/mol. The highest BCUT2D eigenvalue weighted by Gasteiger charge is 2.32. The summed E-state index contributed by atoms with van der Waals surface area (Å²) in [5.74, 6) is 0.726. The standard InChI is InChI=1S/C20H27N3O5/c1-14-5-9-21(10-6-14)19(24)15-7-11-22(12-8-15)20(25)16-3-4-18(28-2)17(13-16)23(26)27/h3-4,13-15H,5-12H2,1-2H3. The maximum atomic E-state index is 12.8. The molecule has 0 unspecified atom stereocenters. The number of hydrogen-bond donors (Lipinski definition) is 0. The minimum Gasteiger partial charge on any atom is -0.490 e. The average molecular weight is 389 g/mol. The molecule has 0 spiro atoms. The first kappa shape index (κ1) is 20.1. The van der Waals surface area contributed by atoms with Crippen LogP contribution < -0.4 is 4.74 Å². The van der Waals surface area contributed by atoms with Crippen LogP contribution in [0, 0.1) is 22.0 Å². The SMILES string of the molecule is COc1ccc(C(=O)N2CCC(C(=O)N3CCC(C)CC3)CC2)cc1[N+](=O)[O-]. The van der Waals surface area contributed by atoms with Crippen LogP contribution in [0.15, 0.2) is 18.2 Å². The van der Waals surface area contributed by atoms with E-state index in [-0.39, 0.29) is 34.7 Å². The lowest BCUT2D eigenvalue weighted by Gasteiger charge is -2.36. The van der Waals surface area contributed by atoms with E-state index in [4.69, 9.17) is 4.74 Å². The molecule has 1 aromatic carbocycles. The van der Waals surface area contributed by atoms with Gasteiger partial charge in [-0.25, -0.2) is 0 Å². The smallest absolute Gasteiger partial charge is 0.311 e. The molecule has 1 aromatic rings. The lowest BCUT2D eigenvalue weighted by molar-refractivity contribution is -0.385. The third-order valence-corrected chi connectivity index (χ3v) is 5.85. The van der Waals surface area contributed by atoms with Crippen molar-refractivity contribution in [2.75, 3.05) is 33.3 Å². The number of piperidine rings is 2. The van der Waals surface area contributed by atoms with Crippen LogP contribution in [0.3, 0.4) is 0 Å². The Labute approximate surface area is 164 Å². The molecule has 2 heterocycles. The summed E-state index contributed by atoms with van der Waals surface area (Å²) in [7, 11) is 1.36. The molecule has 0 aromatic heterocycles. The van der Waals surface area contributed by atoms with Gasteiger partial charge < -0.3 is 14.5 Å². The van der Waals surface area contributed by atoms with Gasteiger partial charge in [0.05, 0.1) is 12.0 Å². The molecule has 2 aliphatic heterocycles. The van der Waals surface area contributed by atoms with Gasteiger partial charge in [0, 0.05) is 43.7 Å². The fourth-order valence-corrected chi connectivity index (χ4v) is 3.96. The number of nitrogens with zero attached hydrogens (tertiary/aromatic N) is 3. The maximum Gasteiger partial charge on any atom is 0.311 e. The van der Waals surface area contributed by atoms with Gasteiger partial charge in [0.2, 0.25) is 5.91 Å². The Hall–Kier alpha value is -2.64. The molecule has 2 saturated heterocycles. The number of rotatable bonds is 4. The highest BCUT2D eigenvalue weighted by molar-refractivity contribution is 5.95. The summed E-state index contributed by atoms with van der Waals surface area (Å²) in [5, 5.41) is 11.2. The highest BCUT2D eigenvalue weighted by atomic mass is 16.6. The Morgan fingerprint density at radius 3 is 2.25 bits per heavy atom. The van der Waals surface area contributed by atoms with E-state index in [2.05, 4.69) is 6.92 Å². The summed E-state index contributed by atoms with van der Waals surface area (Å²) in [6, 6.07) is 4.24. The molecule has 0 saturated carbocycles. The first-order valence-electron chi connectivity index (χ1n) is 9.81. The molecular weight excluding hydrogens is 362 g/mol. The van der Waals surface area contributed by atoms with E-state index in [1.165, 1.54) is 19.2 Å². The number of benzene rings is 1. The van der Waals surface area contributed by atoms with Crippen molar-refractivity contribution in [2.45, 2.75) is 32.6 Å². The predicted octanol–water partition coefficient (Wildman–Crippen LogP) is 2.71. The predicted molar refractivity (Wildman–Crippen MR) is 103 cm³/mol. The fourth-order valence-electron chi connectivity index (χ4n) is 3.96. The van der Waals surface area contributed by atoms with Crippen LogP contribution >= 0.6 is 0 Å². The quantitative estimate of drug-likeness (QED) is 0.583. The van der Waals surface area contributed by atoms with Crippen molar-refractivity contribution in [3.63, 3.8) is 0 Å². The second-order valence-corrected chi connectivity index (χ2v) is 7.72. The second kappa shape index (κ2) is 8.58. The molecule has 8 heteroatoms. The number of carbonyl (C=O) groups is 2. The van der Waals surface area contributed by atoms with Crippen LogP contribution in [0.5, 0.6) is 5.75 Å². The molecule has 8 nitrogen and oxygen atoms in total. The van der Waals surface area contributed by atoms with Gasteiger partial charge in [-0.3, -0.25) is 19.7 Å². The zero-order valence-corrected chi connectivity index (χ0v) is 16.4. The second-order valence-electron chi connectivity index (χ2n) is 7.72. The number of likely N-dealkylation sites (tertiary alicyclic amines) is 2. The first-order valence-corrected chi connectivity index (χ1v) is 9.81. The zero-order chi connectivity index (χ0) is 20.3. The van der Waals surface area contributed by atoms with Gasteiger partial charge in [0.25, 0.3) is 5.91 Å². The molecule has 0 N–H and O–H groups in total. The number of nitro groups is 1. The Morgan fingerprint density at radius 2 is 1.68 bits per heavy atom. The van der Waals surface area contributed by atoms with E-state index >= 15 is 0 Å². The van der Waals surface area contributed by atoms with Crippen molar-refractivity contribution >= 4 is 17.5 Å². The van der Waals surface area contributed by atoms with Crippen molar-refractivity contribution in [1.29, 1.82) is 0 Å².